The molecule has 30 heavy (non-hydrogen) atoms. The molecule has 0 aliphatic carbocycles. The summed E-state index contributed by atoms with van der Waals surface area (Å²) in [6.45, 7) is 1.27. The summed E-state index contributed by atoms with van der Waals surface area (Å²) in [6.07, 6.45) is 4.55. The monoisotopic (exact) mass is 431 g/mol. The van der Waals surface area contributed by atoms with Crippen LogP contribution in [0, 0.1) is 0 Å². The Morgan fingerprint density at radius 1 is 1.03 bits per heavy atom. The zero-order valence-corrected chi connectivity index (χ0v) is 17.6. The largest absolute Gasteiger partial charge is 0.493 e. The molecule has 2 fully saturated rings. The highest BCUT2D eigenvalue weighted by molar-refractivity contribution is 7.89. The molecule has 1 aromatic carbocycles. The van der Waals surface area contributed by atoms with Gasteiger partial charge < -0.3 is 14.4 Å². The van der Waals surface area contributed by atoms with Crippen LogP contribution in [0.4, 0.5) is 4.79 Å². The number of rotatable bonds is 5. The highest BCUT2D eigenvalue weighted by atomic mass is 32.2. The zero-order chi connectivity index (χ0) is 21.1. The summed E-state index contributed by atoms with van der Waals surface area (Å²) in [5.74, 6) is 1.12. The third kappa shape index (κ3) is 4.13. The first-order valence-electron chi connectivity index (χ1n) is 9.97. The van der Waals surface area contributed by atoms with E-state index >= 15 is 0 Å². The summed E-state index contributed by atoms with van der Waals surface area (Å²) in [4.78, 5) is 17.8. The summed E-state index contributed by atoms with van der Waals surface area (Å²) in [7, 11) is -1.94. The number of hydrogen-bond donors (Lipinski definition) is 0. The molecule has 0 atom stereocenters. The van der Waals surface area contributed by atoms with Crippen molar-refractivity contribution in [3.63, 3.8) is 0 Å². The van der Waals surface area contributed by atoms with Gasteiger partial charge in [0.05, 0.1) is 7.11 Å². The van der Waals surface area contributed by atoms with E-state index in [0.717, 1.165) is 12.8 Å². The third-order valence-corrected chi connectivity index (χ3v) is 8.01. The first kappa shape index (κ1) is 20.6. The number of aromatic nitrogens is 1. The Bertz CT molecular complexity index is 985. The van der Waals surface area contributed by atoms with E-state index in [-0.39, 0.29) is 13.1 Å². The van der Waals surface area contributed by atoms with Crippen LogP contribution in [0.25, 0.3) is 0 Å². The van der Waals surface area contributed by atoms with Crippen LogP contribution in [-0.4, -0.2) is 67.2 Å². The molecule has 0 spiro atoms. The number of ether oxygens (including phenoxy) is 2. The van der Waals surface area contributed by atoms with Gasteiger partial charge in [0, 0.05) is 38.6 Å². The maximum atomic E-state index is 13.0. The Balaban J connectivity index is 1.30. The number of pyridine rings is 1. The molecule has 2 aliphatic rings. The van der Waals surface area contributed by atoms with Crippen LogP contribution in [0.3, 0.4) is 0 Å². The van der Waals surface area contributed by atoms with Gasteiger partial charge in [0.2, 0.25) is 10.0 Å². The van der Waals surface area contributed by atoms with Gasteiger partial charge in [-0.1, -0.05) is 12.1 Å². The number of nitrogens with zero attached hydrogens (tertiary/aromatic N) is 3. The molecule has 9 heteroatoms. The predicted molar refractivity (Wildman–Crippen MR) is 111 cm³/mol. The van der Waals surface area contributed by atoms with Crippen molar-refractivity contribution in [1.82, 2.24) is 14.2 Å². The molecule has 4 rings (SSSR count). The van der Waals surface area contributed by atoms with Crippen LogP contribution in [-0.2, 0) is 10.0 Å². The Hall–Kier alpha value is -2.65. The number of benzene rings is 1. The number of carbonyl (C=O) groups excluding carboxylic acids is 1. The van der Waals surface area contributed by atoms with Crippen molar-refractivity contribution in [3.05, 3.63) is 54.4 Å². The minimum absolute atomic E-state index is 0.139. The van der Waals surface area contributed by atoms with Crippen LogP contribution >= 0.6 is 0 Å². The Morgan fingerprint density at radius 2 is 1.67 bits per heavy atom. The van der Waals surface area contributed by atoms with Crippen molar-refractivity contribution in [3.8, 4) is 11.5 Å². The summed E-state index contributed by atoms with van der Waals surface area (Å²) >= 11 is 0. The van der Waals surface area contributed by atoms with E-state index in [1.165, 1.54) is 17.6 Å². The van der Waals surface area contributed by atoms with Gasteiger partial charge in [-0.2, -0.15) is 0 Å². The van der Waals surface area contributed by atoms with E-state index in [1.807, 2.05) is 12.1 Å². The number of piperidine rings is 1. The van der Waals surface area contributed by atoms with E-state index in [1.54, 1.807) is 41.0 Å². The number of likely N-dealkylation sites (tertiary alicyclic amines) is 1. The molecule has 0 bridgehead atoms. The van der Waals surface area contributed by atoms with Crippen LogP contribution in [0.15, 0.2) is 48.8 Å². The number of methoxy groups -OCH3 is 1. The number of carbonyl (C=O) groups is 1. The van der Waals surface area contributed by atoms with E-state index in [9.17, 15) is 13.2 Å². The van der Waals surface area contributed by atoms with Gasteiger partial charge in [-0.25, -0.2) is 17.5 Å². The fourth-order valence-corrected chi connectivity index (χ4v) is 5.81. The summed E-state index contributed by atoms with van der Waals surface area (Å²) in [5, 5.41) is -0.583. The number of para-hydroxylation sites is 2. The maximum Gasteiger partial charge on any atom is 0.415 e. The Morgan fingerprint density at radius 3 is 2.30 bits per heavy atom. The van der Waals surface area contributed by atoms with Crippen molar-refractivity contribution in [2.75, 3.05) is 33.3 Å². The van der Waals surface area contributed by atoms with Crippen molar-refractivity contribution >= 4 is 16.1 Å². The van der Waals surface area contributed by atoms with Crippen LogP contribution in [0.5, 0.6) is 11.5 Å². The average molecular weight is 432 g/mol. The molecule has 0 saturated carbocycles. The second-order valence-corrected chi connectivity index (χ2v) is 9.76. The standard InChI is InChI=1S/C21H25N3O5S/c1-28-19-4-2-3-5-20(19)29-21(25)23-14-18(15-23)30(26,27)24-12-8-17(9-13-24)16-6-10-22-11-7-16/h2-7,10-11,17-18H,8-9,12-15H2,1H3. The molecule has 0 N–H and O–H groups in total. The molecule has 8 nitrogen and oxygen atoms in total. The van der Waals surface area contributed by atoms with Gasteiger partial charge >= 0.3 is 6.09 Å². The topological polar surface area (TPSA) is 89.0 Å². The van der Waals surface area contributed by atoms with Gasteiger partial charge in [0.25, 0.3) is 0 Å². The molecule has 0 unspecified atom stereocenters. The first-order valence-corrected chi connectivity index (χ1v) is 11.5. The summed E-state index contributed by atoms with van der Waals surface area (Å²) in [6, 6.07) is 10.8. The Labute approximate surface area is 176 Å². The molecule has 160 valence electrons. The van der Waals surface area contributed by atoms with Gasteiger partial charge in [0.15, 0.2) is 11.5 Å². The van der Waals surface area contributed by atoms with Crippen molar-refractivity contribution in [1.29, 1.82) is 0 Å². The Kier molecular flexibility index (Phi) is 5.92. The lowest BCUT2D eigenvalue weighted by molar-refractivity contribution is 0.123. The van der Waals surface area contributed by atoms with Gasteiger partial charge in [0.1, 0.15) is 5.25 Å². The normalized spacial score (nSPS) is 18.6. The molecule has 0 radical (unpaired) electrons. The third-order valence-electron chi connectivity index (χ3n) is 5.79. The van der Waals surface area contributed by atoms with E-state index in [4.69, 9.17) is 9.47 Å². The zero-order valence-electron chi connectivity index (χ0n) is 16.8. The molecule has 3 heterocycles. The van der Waals surface area contributed by atoms with Gasteiger partial charge in [-0.3, -0.25) is 4.98 Å². The highest BCUT2D eigenvalue weighted by Crippen LogP contribution is 2.32. The summed E-state index contributed by atoms with van der Waals surface area (Å²) < 4.78 is 38.0. The molecule has 2 aliphatic heterocycles. The smallest absolute Gasteiger partial charge is 0.415 e. The minimum atomic E-state index is -3.44. The molecule has 2 saturated heterocycles. The summed E-state index contributed by atoms with van der Waals surface area (Å²) in [5.41, 5.74) is 1.20. The van der Waals surface area contributed by atoms with Crippen LogP contribution in [0.1, 0.15) is 24.3 Å². The van der Waals surface area contributed by atoms with Crippen LogP contribution in [0.2, 0.25) is 0 Å². The fourth-order valence-electron chi connectivity index (χ4n) is 3.93. The fraction of sp³-hybridized carbons (Fsp3) is 0.429. The van der Waals surface area contributed by atoms with Gasteiger partial charge in [-0.05, 0) is 48.6 Å². The number of amides is 1. The molecule has 1 amide bonds. The molecule has 1 aromatic heterocycles. The average Bonchev–Trinajstić information content (AvgIpc) is 2.73. The van der Waals surface area contributed by atoms with Crippen molar-refractivity contribution in [2.24, 2.45) is 0 Å². The molecular weight excluding hydrogens is 406 g/mol. The second kappa shape index (κ2) is 8.61. The van der Waals surface area contributed by atoms with Crippen LogP contribution < -0.4 is 9.47 Å². The molecular formula is C21H25N3O5S. The second-order valence-electron chi connectivity index (χ2n) is 7.54. The predicted octanol–water partition coefficient (Wildman–Crippen LogP) is 2.48. The lowest BCUT2D eigenvalue weighted by atomic mass is 9.91. The molecule has 2 aromatic rings. The quantitative estimate of drug-likeness (QED) is 0.723. The van der Waals surface area contributed by atoms with Crippen molar-refractivity contribution < 1.29 is 22.7 Å². The minimum Gasteiger partial charge on any atom is -0.493 e. The highest BCUT2D eigenvalue weighted by Gasteiger charge is 2.44. The lowest BCUT2D eigenvalue weighted by Crippen LogP contribution is -2.61. The SMILES string of the molecule is COc1ccccc1OC(=O)N1CC(S(=O)(=O)N2CCC(c3ccncc3)CC2)C1. The first-order chi connectivity index (χ1) is 14.5. The number of sulfonamides is 1. The van der Waals surface area contributed by atoms with Crippen molar-refractivity contribution in [2.45, 2.75) is 24.0 Å². The number of hydrogen-bond acceptors (Lipinski definition) is 6. The van der Waals surface area contributed by atoms with E-state index < -0.39 is 21.4 Å². The lowest BCUT2D eigenvalue weighted by Gasteiger charge is -2.41. The van der Waals surface area contributed by atoms with E-state index in [2.05, 4.69) is 4.98 Å². The van der Waals surface area contributed by atoms with Gasteiger partial charge in [-0.15, -0.1) is 0 Å². The maximum absolute atomic E-state index is 13.0. The van der Waals surface area contributed by atoms with E-state index in [0.29, 0.717) is 30.5 Å².